The van der Waals surface area contributed by atoms with Crippen molar-refractivity contribution in [3.63, 3.8) is 0 Å². The highest BCUT2D eigenvalue weighted by Gasteiger charge is 2.30. The van der Waals surface area contributed by atoms with Crippen LogP contribution < -0.4 is 0 Å². The fourth-order valence-corrected chi connectivity index (χ4v) is 2.04. The molecule has 0 aromatic carbocycles. The Morgan fingerprint density at radius 1 is 1.33 bits per heavy atom. The molecular formula is C14H28N2O2. The van der Waals surface area contributed by atoms with E-state index in [4.69, 9.17) is 4.84 Å². The molecule has 1 saturated heterocycles. The predicted octanol–water partition coefficient (Wildman–Crippen LogP) is 2.15. The van der Waals surface area contributed by atoms with E-state index in [1.54, 1.807) is 0 Å². The number of rotatable bonds is 3. The van der Waals surface area contributed by atoms with Crippen molar-refractivity contribution in [3.8, 4) is 0 Å². The van der Waals surface area contributed by atoms with Gasteiger partial charge in [0.2, 0.25) is 0 Å². The third-order valence-corrected chi connectivity index (χ3v) is 3.15. The Balaban J connectivity index is 2.44. The number of hydroxylamine groups is 2. The van der Waals surface area contributed by atoms with Gasteiger partial charge >= 0.3 is 5.97 Å². The molecule has 0 bridgehead atoms. The molecule has 0 amide bonds. The van der Waals surface area contributed by atoms with Gasteiger partial charge in [0.25, 0.3) is 0 Å². The lowest BCUT2D eigenvalue weighted by molar-refractivity contribution is -0.211. The van der Waals surface area contributed by atoms with Crippen molar-refractivity contribution in [2.24, 2.45) is 11.3 Å². The molecule has 18 heavy (non-hydrogen) atoms. The van der Waals surface area contributed by atoms with Crippen molar-refractivity contribution in [1.29, 1.82) is 0 Å². The molecule has 0 N–H and O–H groups in total. The fourth-order valence-electron chi connectivity index (χ4n) is 2.04. The second kappa shape index (κ2) is 6.02. The lowest BCUT2D eigenvalue weighted by Crippen LogP contribution is -2.53. The maximum atomic E-state index is 11.8. The summed E-state index contributed by atoms with van der Waals surface area (Å²) in [5, 5.41) is 1.81. The minimum atomic E-state index is -0.432. The molecular weight excluding hydrogens is 228 g/mol. The van der Waals surface area contributed by atoms with Crippen molar-refractivity contribution in [1.82, 2.24) is 9.96 Å². The molecule has 0 aromatic heterocycles. The third-order valence-electron chi connectivity index (χ3n) is 3.15. The van der Waals surface area contributed by atoms with E-state index in [0.29, 0.717) is 12.0 Å². The highest BCUT2D eigenvalue weighted by Crippen LogP contribution is 2.18. The number of carbonyl (C=O) groups is 1. The Morgan fingerprint density at radius 2 is 1.94 bits per heavy atom. The van der Waals surface area contributed by atoms with Gasteiger partial charge in [0.1, 0.15) is 0 Å². The Kier molecular flexibility index (Phi) is 5.17. The van der Waals surface area contributed by atoms with E-state index < -0.39 is 5.41 Å². The standard InChI is InChI=1S/C14H28N2O2/c1-11(2)9-15-7-8-16(10-12(15)3)18-13(17)14(4,5)6/h11-12H,7-10H2,1-6H3/t12-/m1/s1. The van der Waals surface area contributed by atoms with E-state index in [0.717, 1.165) is 26.2 Å². The van der Waals surface area contributed by atoms with Crippen LogP contribution in [0.25, 0.3) is 0 Å². The van der Waals surface area contributed by atoms with E-state index in [1.807, 2.05) is 25.8 Å². The zero-order valence-electron chi connectivity index (χ0n) is 12.7. The summed E-state index contributed by atoms with van der Waals surface area (Å²) in [6.45, 7) is 16.0. The SMILES string of the molecule is CC(C)CN1CCN(OC(=O)C(C)(C)C)C[C@H]1C. The first kappa shape index (κ1) is 15.4. The van der Waals surface area contributed by atoms with Crippen molar-refractivity contribution in [3.05, 3.63) is 0 Å². The van der Waals surface area contributed by atoms with Crippen LogP contribution in [-0.4, -0.2) is 48.2 Å². The van der Waals surface area contributed by atoms with Crippen LogP contribution in [0.2, 0.25) is 0 Å². The largest absolute Gasteiger partial charge is 0.367 e. The maximum absolute atomic E-state index is 11.8. The second-order valence-corrected chi connectivity index (χ2v) is 6.75. The van der Waals surface area contributed by atoms with E-state index in [-0.39, 0.29) is 5.97 Å². The molecule has 0 saturated carbocycles. The average molecular weight is 256 g/mol. The summed E-state index contributed by atoms with van der Waals surface area (Å²) in [5.41, 5.74) is -0.432. The summed E-state index contributed by atoms with van der Waals surface area (Å²) < 4.78 is 0. The number of nitrogens with zero attached hydrogens (tertiary/aromatic N) is 2. The number of hydrogen-bond acceptors (Lipinski definition) is 4. The van der Waals surface area contributed by atoms with Crippen molar-refractivity contribution in [2.45, 2.75) is 47.6 Å². The highest BCUT2D eigenvalue weighted by molar-refractivity contribution is 5.75. The van der Waals surface area contributed by atoms with Gasteiger partial charge in [0.05, 0.1) is 12.0 Å². The van der Waals surface area contributed by atoms with Gasteiger partial charge in [-0.25, -0.2) is 4.79 Å². The van der Waals surface area contributed by atoms with Crippen LogP contribution >= 0.6 is 0 Å². The second-order valence-electron chi connectivity index (χ2n) is 6.75. The monoisotopic (exact) mass is 256 g/mol. The summed E-state index contributed by atoms with van der Waals surface area (Å²) in [4.78, 5) is 19.7. The average Bonchev–Trinajstić information content (AvgIpc) is 2.20. The quantitative estimate of drug-likeness (QED) is 0.774. The minimum absolute atomic E-state index is 0.146. The lowest BCUT2D eigenvalue weighted by atomic mass is 9.98. The Hall–Kier alpha value is -0.610. The molecule has 1 atom stereocenters. The smallest absolute Gasteiger partial charge is 0.330 e. The van der Waals surface area contributed by atoms with Crippen LogP contribution in [0.4, 0.5) is 0 Å². The van der Waals surface area contributed by atoms with E-state index >= 15 is 0 Å². The lowest BCUT2D eigenvalue weighted by Gasteiger charge is -2.39. The van der Waals surface area contributed by atoms with Crippen molar-refractivity contribution >= 4 is 5.97 Å². The Bertz CT molecular complexity index is 284. The first-order valence-electron chi connectivity index (χ1n) is 6.91. The molecule has 4 nitrogen and oxygen atoms in total. The molecule has 0 aromatic rings. The molecule has 1 rings (SSSR count). The zero-order valence-corrected chi connectivity index (χ0v) is 12.7. The normalized spacial score (nSPS) is 23.4. The van der Waals surface area contributed by atoms with Gasteiger partial charge in [0.15, 0.2) is 0 Å². The molecule has 4 heteroatoms. The molecule has 106 valence electrons. The van der Waals surface area contributed by atoms with E-state index in [2.05, 4.69) is 25.7 Å². The van der Waals surface area contributed by atoms with E-state index in [1.165, 1.54) is 0 Å². The molecule has 1 fully saturated rings. The molecule has 0 radical (unpaired) electrons. The molecule has 1 aliphatic heterocycles. The minimum Gasteiger partial charge on any atom is -0.367 e. The van der Waals surface area contributed by atoms with Crippen molar-refractivity contribution < 1.29 is 9.63 Å². The molecule has 0 unspecified atom stereocenters. The highest BCUT2D eigenvalue weighted by atomic mass is 16.7. The van der Waals surface area contributed by atoms with Crippen LogP contribution in [0.3, 0.4) is 0 Å². The summed E-state index contributed by atoms with van der Waals surface area (Å²) in [6, 6.07) is 0.439. The summed E-state index contributed by atoms with van der Waals surface area (Å²) in [7, 11) is 0. The van der Waals surface area contributed by atoms with Gasteiger partial charge in [-0.05, 0) is 33.6 Å². The number of piperazine rings is 1. The first-order chi connectivity index (χ1) is 8.20. The predicted molar refractivity (Wildman–Crippen MR) is 73.0 cm³/mol. The molecule has 0 aliphatic carbocycles. The van der Waals surface area contributed by atoms with Gasteiger partial charge in [0, 0.05) is 25.7 Å². The fraction of sp³-hybridized carbons (Fsp3) is 0.929. The number of hydrogen-bond donors (Lipinski definition) is 0. The maximum Gasteiger partial charge on any atom is 0.330 e. The van der Waals surface area contributed by atoms with Gasteiger partial charge in [-0.3, -0.25) is 4.90 Å². The Morgan fingerprint density at radius 3 is 2.39 bits per heavy atom. The van der Waals surface area contributed by atoms with Gasteiger partial charge in [-0.1, -0.05) is 13.8 Å². The van der Waals surface area contributed by atoms with Crippen LogP contribution in [0.15, 0.2) is 0 Å². The number of carbonyl (C=O) groups excluding carboxylic acids is 1. The van der Waals surface area contributed by atoms with Gasteiger partial charge < -0.3 is 4.84 Å². The van der Waals surface area contributed by atoms with Crippen LogP contribution in [0.1, 0.15) is 41.5 Å². The molecule has 0 spiro atoms. The summed E-state index contributed by atoms with van der Waals surface area (Å²) in [5.74, 6) is 0.531. The van der Waals surface area contributed by atoms with Crippen LogP contribution in [0.5, 0.6) is 0 Å². The third kappa shape index (κ3) is 4.58. The Labute approximate surface area is 111 Å². The molecule has 1 aliphatic rings. The molecule has 1 heterocycles. The summed E-state index contributed by atoms with van der Waals surface area (Å²) >= 11 is 0. The van der Waals surface area contributed by atoms with Crippen LogP contribution in [0, 0.1) is 11.3 Å². The van der Waals surface area contributed by atoms with Crippen molar-refractivity contribution in [2.75, 3.05) is 26.2 Å². The van der Waals surface area contributed by atoms with Gasteiger partial charge in [-0.2, -0.15) is 0 Å². The van der Waals surface area contributed by atoms with Gasteiger partial charge in [-0.15, -0.1) is 5.06 Å². The van der Waals surface area contributed by atoms with Crippen LogP contribution in [-0.2, 0) is 9.63 Å². The van der Waals surface area contributed by atoms with E-state index in [9.17, 15) is 4.79 Å². The summed E-state index contributed by atoms with van der Waals surface area (Å²) in [6.07, 6.45) is 0. The topological polar surface area (TPSA) is 32.8 Å². The first-order valence-corrected chi connectivity index (χ1v) is 6.91. The zero-order chi connectivity index (χ0) is 13.9.